The van der Waals surface area contributed by atoms with Gasteiger partial charge in [-0.05, 0) is 31.4 Å². The van der Waals surface area contributed by atoms with Crippen LogP contribution in [0.1, 0.15) is 55.6 Å². The predicted molar refractivity (Wildman–Crippen MR) is 99.2 cm³/mol. The first-order chi connectivity index (χ1) is 11.7. The fourth-order valence-corrected chi connectivity index (χ4v) is 2.75. The van der Waals surface area contributed by atoms with Crippen LogP contribution >= 0.6 is 0 Å². The van der Waals surface area contributed by atoms with E-state index in [0.717, 1.165) is 31.6 Å². The first-order valence-electron chi connectivity index (χ1n) is 8.71. The number of nitrogens with zero attached hydrogens (tertiary/aromatic N) is 2. The van der Waals surface area contributed by atoms with Crippen LogP contribution in [0.25, 0.3) is 0 Å². The van der Waals surface area contributed by atoms with Crippen molar-refractivity contribution >= 4 is 11.6 Å². The highest BCUT2D eigenvalue weighted by atomic mass is 16.2. The summed E-state index contributed by atoms with van der Waals surface area (Å²) in [4.78, 5) is 18.8. The lowest BCUT2D eigenvalue weighted by molar-refractivity contribution is 0.0755. The summed E-state index contributed by atoms with van der Waals surface area (Å²) in [5.74, 6) is 0.0576. The van der Waals surface area contributed by atoms with Gasteiger partial charge in [0.25, 0.3) is 5.91 Å². The molecule has 0 spiro atoms. The molecule has 0 radical (unpaired) electrons. The second-order valence-corrected chi connectivity index (χ2v) is 6.03. The van der Waals surface area contributed by atoms with Gasteiger partial charge in [0.1, 0.15) is 0 Å². The molecule has 24 heavy (non-hydrogen) atoms. The number of aromatic nitrogens is 1. The van der Waals surface area contributed by atoms with Gasteiger partial charge in [-0.3, -0.25) is 9.78 Å². The average Bonchev–Trinajstić information content (AvgIpc) is 2.62. The summed E-state index contributed by atoms with van der Waals surface area (Å²) in [7, 11) is 0. The molecule has 1 aromatic carbocycles. The van der Waals surface area contributed by atoms with Crippen LogP contribution in [0.3, 0.4) is 0 Å². The maximum atomic E-state index is 12.7. The predicted octanol–water partition coefficient (Wildman–Crippen LogP) is 4.52. The van der Waals surface area contributed by atoms with Crippen LogP contribution in [-0.2, 0) is 0 Å². The van der Waals surface area contributed by atoms with Gasteiger partial charge in [0.15, 0.2) is 0 Å². The van der Waals surface area contributed by atoms with Crippen LogP contribution in [0.2, 0.25) is 0 Å². The van der Waals surface area contributed by atoms with E-state index in [-0.39, 0.29) is 11.9 Å². The summed E-state index contributed by atoms with van der Waals surface area (Å²) in [6.45, 7) is 7.85. The molecular weight excluding hydrogens is 298 g/mol. The Kier molecular flexibility index (Phi) is 6.79. The van der Waals surface area contributed by atoms with E-state index in [1.165, 1.54) is 5.56 Å². The van der Waals surface area contributed by atoms with Crippen LogP contribution in [0.4, 0.5) is 5.69 Å². The SMILES string of the molecule is CCCN(CCC)C(=O)c1cncc(NC(C)c2ccccc2)c1. The fourth-order valence-electron chi connectivity index (χ4n) is 2.75. The zero-order chi connectivity index (χ0) is 17.4. The van der Waals surface area contributed by atoms with Gasteiger partial charge in [0.2, 0.25) is 0 Å². The summed E-state index contributed by atoms with van der Waals surface area (Å²) < 4.78 is 0. The zero-order valence-corrected chi connectivity index (χ0v) is 14.8. The van der Waals surface area contributed by atoms with E-state index in [1.807, 2.05) is 29.2 Å². The van der Waals surface area contributed by atoms with Crippen LogP contribution in [-0.4, -0.2) is 28.9 Å². The topological polar surface area (TPSA) is 45.2 Å². The second kappa shape index (κ2) is 9.06. The number of carbonyl (C=O) groups excluding carboxylic acids is 1. The smallest absolute Gasteiger partial charge is 0.255 e. The molecule has 0 saturated heterocycles. The molecule has 1 amide bonds. The molecule has 2 aromatic rings. The number of hydrogen-bond acceptors (Lipinski definition) is 3. The second-order valence-electron chi connectivity index (χ2n) is 6.03. The van der Waals surface area contributed by atoms with Crippen molar-refractivity contribution in [2.75, 3.05) is 18.4 Å². The minimum atomic E-state index is 0.0576. The number of pyridine rings is 1. The van der Waals surface area contributed by atoms with Crippen molar-refractivity contribution in [1.29, 1.82) is 0 Å². The van der Waals surface area contributed by atoms with Gasteiger partial charge in [0.05, 0.1) is 11.3 Å². The van der Waals surface area contributed by atoms with Gasteiger partial charge in [0, 0.05) is 31.5 Å². The van der Waals surface area contributed by atoms with Crippen molar-refractivity contribution in [3.05, 3.63) is 59.9 Å². The molecule has 4 nitrogen and oxygen atoms in total. The minimum absolute atomic E-state index is 0.0576. The third-order valence-corrected chi connectivity index (χ3v) is 3.94. The van der Waals surface area contributed by atoms with Crippen molar-refractivity contribution in [1.82, 2.24) is 9.88 Å². The van der Waals surface area contributed by atoms with Crippen LogP contribution in [0.15, 0.2) is 48.8 Å². The van der Waals surface area contributed by atoms with E-state index in [4.69, 9.17) is 0 Å². The summed E-state index contributed by atoms with van der Waals surface area (Å²) in [5.41, 5.74) is 2.71. The lowest BCUT2D eigenvalue weighted by Gasteiger charge is -2.22. The average molecular weight is 325 g/mol. The number of anilines is 1. The summed E-state index contributed by atoms with van der Waals surface area (Å²) in [6.07, 6.45) is 5.34. The lowest BCUT2D eigenvalue weighted by Crippen LogP contribution is -2.32. The van der Waals surface area contributed by atoms with Crippen LogP contribution in [0.5, 0.6) is 0 Å². The first-order valence-corrected chi connectivity index (χ1v) is 8.71. The highest BCUT2D eigenvalue weighted by molar-refractivity contribution is 5.94. The lowest BCUT2D eigenvalue weighted by atomic mass is 10.1. The molecule has 0 fully saturated rings. The molecule has 1 atom stereocenters. The third-order valence-electron chi connectivity index (χ3n) is 3.94. The monoisotopic (exact) mass is 325 g/mol. The van der Waals surface area contributed by atoms with Gasteiger partial charge >= 0.3 is 0 Å². The molecule has 4 heteroatoms. The van der Waals surface area contributed by atoms with Gasteiger partial charge in [-0.1, -0.05) is 44.2 Å². The van der Waals surface area contributed by atoms with Gasteiger partial charge in [-0.25, -0.2) is 0 Å². The van der Waals surface area contributed by atoms with E-state index in [0.29, 0.717) is 5.56 Å². The highest BCUT2D eigenvalue weighted by Crippen LogP contribution is 2.19. The maximum absolute atomic E-state index is 12.7. The molecule has 128 valence electrons. The normalized spacial score (nSPS) is 11.8. The molecule has 0 aliphatic rings. The number of hydrogen-bond donors (Lipinski definition) is 1. The fraction of sp³-hybridized carbons (Fsp3) is 0.400. The van der Waals surface area contributed by atoms with E-state index in [9.17, 15) is 4.79 Å². The maximum Gasteiger partial charge on any atom is 0.255 e. The number of nitrogens with one attached hydrogen (secondary N) is 1. The van der Waals surface area contributed by atoms with Crippen molar-refractivity contribution in [2.45, 2.75) is 39.7 Å². The number of rotatable bonds is 8. The molecule has 1 aromatic heterocycles. The van der Waals surface area contributed by atoms with Crippen LogP contribution in [0, 0.1) is 0 Å². The van der Waals surface area contributed by atoms with E-state index in [2.05, 4.69) is 43.2 Å². The Balaban J connectivity index is 2.11. The summed E-state index contributed by atoms with van der Waals surface area (Å²) >= 11 is 0. The summed E-state index contributed by atoms with van der Waals surface area (Å²) in [6, 6.07) is 12.3. The summed E-state index contributed by atoms with van der Waals surface area (Å²) in [5, 5.41) is 3.42. The Bertz CT molecular complexity index is 636. The van der Waals surface area contributed by atoms with Crippen molar-refractivity contribution in [3.8, 4) is 0 Å². The van der Waals surface area contributed by atoms with Crippen molar-refractivity contribution in [3.63, 3.8) is 0 Å². The molecule has 0 bridgehead atoms. The molecule has 1 N–H and O–H groups in total. The number of benzene rings is 1. The molecule has 0 saturated carbocycles. The standard InChI is InChI=1S/C20H27N3O/c1-4-11-23(12-5-2)20(24)18-13-19(15-21-14-18)22-16(3)17-9-7-6-8-10-17/h6-10,13-16,22H,4-5,11-12H2,1-3H3. The minimum Gasteiger partial charge on any atom is -0.377 e. The van der Waals surface area contributed by atoms with Gasteiger partial charge < -0.3 is 10.2 Å². The largest absolute Gasteiger partial charge is 0.377 e. The Hall–Kier alpha value is -2.36. The van der Waals surface area contributed by atoms with Gasteiger partial charge in [-0.2, -0.15) is 0 Å². The molecule has 1 heterocycles. The van der Waals surface area contributed by atoms with Crippen molar-refractivity contribution in [2.24, 2.45) is 0 Å². The Labute approximate surface area is 144 Å². The Morgan fingerprint density at radius 3 is 2.42 bits per heavy atom. The highest BCUT2D eigenvalue weighted by Gasteiger charge is 2.15. The first kappa shape index (κ1) is 18.0. The zero-order valence-electron chi connectivity index (χ0n) is 14.8. The number of carbonyl (C=O) groups is 1. The van der Waals surface area contributed by atoms with Gasteiger partial charge in [-0.15, -0.1) is 0 Å². The third kappa shape index (κ3) is 4.82. The van der Waals surface area contributed by atoms with E-state index in [1.54, 1.807) is 12.4 Å². The molecule has 0 aliphatic heterocycles. The Morgan fingerprint density at radius 1 is 1.12 bits per heavy atom. The van der Waals surface area contributed by atoms with Crippen molar-refractivity contribution < 1.29 is 4.79 Å². The van der Waals surface area contributed by atoms with Crippen LogP contribution < -0.4 is 5.32 Å². The molecule has 1 unspecified atom stereocenters. The quantitative estimate of drug-likeness (QED) is 0.776. The van der Waals surface area contributed by atoms with E-state index < -0.39 is 0 Å². The number of amides is 1. The molecule has 0 aliphatic carbocycles. The molecular formula is C20H27N3O. The molecule has 2 rings (SSSR count). The van der Waals surface area contributed by atoms with E-state index >= 15 is 0 Å². The Morgan fingerprint density at radius 2 is 1.79 bits per heavy atom.